The number of aliphatic hydroxyl groups is 1. The molecular formula is C17H25NOS. The van der Waals surface area contributed by atoms with E-state index >= 15 is 0 Å². The van der Waals surface area contributed by atoms with E-state index < -0.39 is 5.60 Å². The minimum Gasteiger partial charge on any atom is -0.389 e. The Bertz CT molecular complexity index is 438. The minimum absolute atomic E-state index is 0.267. The standard InChI is InChI=1S/C17H25NOS/c1-3-10-17(19,11-4-2)12-16-18-15(13-20-16)14-8-6-5-7-9-14/h5-9,15,19H,3-4,10-13H2,1-2H3/t15-/m0/s1. The highest BCUT2D eigenvalue weighted by atomic mass is 32.2. The van der Waals surface area contributed by atoms with Crippen molar-refractivity contribution in [3.8, 4) is 0 Å². The molecule has 0 spiro atoms. The lowest BCUT2D eigenvalue weighted by molar-refractivity contribution is 0.0291. The fourth-order valence-electron chi connectivity index (χ4n) is 2.88. The molecule has 0 radical (unpaired) electrons. The summed E-state index contributed by atoms with van der Waals surface area (Å²) in [4.78, 5) is 4.83. The van der Waals surface area contributed by atoms with Gasteiger partial charge in [0.05, 0.1) is 16.7 Å². The van der Waals surface area contributed by atoms with Gasteiger partial charge in [0, 0.05) is 12.2 Å². The van der Waals surface area contributed by atoms with Crippen molar-refractivity contribution in [3.63, 3.8) is 0 Å². The first kappa shape index (κ1) is 15.6. The highest BCUT2D eigenvalue weighted by molar-refractivity contribution is 8.14. The molecule has 0 amide bonds. The molecule has 1 heterocycles. The highest BCUT2D eigenvalue weighted by Crippen LogP contribution is 2.35. The summed E-state index contributed by atoms with van der Waals surface area (Å²) in [5, 5.41) is 11.9. The van der Waals surface area contributed by atoms with E-state index in [-0.39, 0.29) is 6.04 Å². The number of hydrogen-bond donors (Lipinski definition) is 1. The Kier molecular flexibility index (Phi) is 5.67. The number of aliphatic imine (C=N–C) groups is 1. The van der Waals surface area contributed by atoms with Crippen LogP contribution in [0.3, 0.4) is 0 Å². The maximum absolute atomic E-state index is 10.7. The van der Waals surface area contributed by atoms with Crippen LogP contribution in [0.15, 0.2) is 35.3 Å². The van der Waals surface area contributed by atoms with E-state index in [1.165, 1.54) is 5.56 Å². The molecular weight excluding hydrogens is 266 g/mol. The molecule has 0 unspecified atom stereocenters. The fourth-order valence-corrected chi connectivity index (χ4v) is 4.07. The highest BCUT2D eigenvalue weighted by Gasteiger charge is 2.30. The van der Waals surface area contributed by atoms with Crippen molar-refractivity contribution in [3.05, 3.63) is 35.9 Å². The van der Waals surface area contributed by atoms with E-state index in [9.17, 15) is 5.11 Å². The van der Waals surface area contributed by atoms with Crippen molar-refractivity contribution in [2.45, 2.75) is 57.6 Å². The molecule has 1 aliphatic rings. The van der Waals surface area contributed by atoms with Crippen LogP contribution in [0.1, 0.15) is 57.6 Å². The van der Waals surface area contributed by atoms with Gasteiger partial charge in [-0.3, -0.25) is 4.99 Å². The minimum atomic E-state index is -0.555. The first-order valence-corrected chi connectivity index (χ1v) is 8.62. The lowest BCUT2D eigenvalue weighted by atomic mass is 9.90. The van der Waals surface area contributed by atoms with Crippen molar-refractivity contribution >= 4 is 16.8 Å². The van der Waals surface area contributed by atoms with Crippen molar-refractivity contribution in [2.24, 2.45) is 4.99 Å². The van der Waals surface area contributed by atoms with Gasteiger partial charge < -0.3 is 5.11 Å². The molecule has 1 atom stereocenters. The zero-order chi connectivity index (χ0) is 14.4. The number of hydrogen-bond acceptors (Lipinski definition) is 3. The Morgan fingerprint density at radius 1 is 1.20 bits per heavy atom. The first-order chi connectivity index (χ1) is 9.67. The van der Waals surface area contributed by atoms with E-state index in [0.29, 0.717) is 0 Å². The maximum atomic E-state index is 10.7. The number of rotatable bonds is 7. The van der Waals surface area contributed by atoms with Gasteiger partial charge in [-0.05, 0) is 18.4 Å². The maximum Gasteiger partial charge on any atom is 0.0852 e. The van der Waals surface area contributed by atoms with E-state index in [2.05, 4.69) is 38.1 Å². The molecule has 2 nitrogen and oxygen atoms in total. The summed E-state index contributed by atoms with van der Waals surface area (Å²) in [5.74, 6) is 1.01. The molecule has 0 aliphatic carbocycles. The molecule has 2 rings (SSSR count). The molecule has 0 bridgehead atoms. The molecule has 1 aromatic rings. The third kappa shape index (κ3) is 4.10. The summed E-state index contributed by atoms with van der Waals surface area (Å²) in [7, 11) is 0. The molecule has 20 heavy (non-hydrogen) atoms. The Labute approximate surface area is 126 Å². The van der Waals surface area contributed by atoms with E-state index in [0.717, 1.165) is 42.9 Å². The quantitative estimate of drug-likeness (QED) is 0.796. The lowest BCUT2D eigenvalue weighted by Crippen LogP contribution is -2.30. The van der Waals surface area contributed by atoms with Crippen molar-refractivity contribution in [1.29, 1.82) is 0 Å². The van der Waals surface area contributed by atoms with Crippen LogP contribution < -0.4 is 0 Å². The summed E-state index contributed by atoms with van der Waals surface area (Å²) >= 11 is 1.81. The summed E-state index contributed by atoms with van der Waals surface area (Å²) in [6.07, 6.45) is 4.52. The number of benzene rings is 1. The van der Waals surface area contributed by atoms with Crippen molar-refractivity contribution in [1.82, 2.24) is 0 Å². The van der Waals surface area contributed by atoms with Crippen molar-refractivity contribution < 1.29 is 5.11 Å². The van der Waals surface area contributed by atoms with Gasteiger partial charge in [0.25, 0.3) is 0 Å². The van der Waals surface area contributed by atoms with Gasteiger partial charge in [0.1, 0.15) is 0 Å². The molecule has 1 N–H and O–H groups in total. The van der Waals surface area contributed by atoms with Crippen LogP contribution in [0.4, 0.5) is 0 Å². The zero-order valence-corrected chi connectivity index (χ0v) is 13.3. The SMILES string of the molecule is CCCC(O)(CCC)CC1=N[C@H](c2ccccc2)CS1. The van der Waals surface area contributed by atoms with Gasteiger partial charge in [-0.2, -0.15) is 0 Å². The smallest absolute Gasteiger partial charge is 0.0852 e. The fraction of sp³-hybridized carbons (Fsp3) is 0.588. The van der Waals surface area contributed by atoms with E-state index in [4.69, 9.17) is 4.99 Å². The average Bonchev–Trinajstić information content (AvgIpc) is 2.88. The third-order valence-electron chi connectivity index (χ3n) is 3.80. The predicted molar refractivity (Wildman–Crippen MR) is 88.5 cm³/mol. The van der Waals surface area contributed by atoms with Crippen LogP contribution in [-0.2, 0) is 0 Å². The lowest BCUT2D eigenvalue weighted by Gasteiger charge is -2.27. The summed E-state index contributed by atoms with van der Waals surface area (Å²) in [6, 6.07) is 10.7. The largest absolute Gasteiger partial charge is 0.389 e. The Morgan fingerprint density at radius 3 is 2.45 bits per heavy atom. The molecule has 3 heteroatoms. The van der Waals surface area contributed by atoms with Gasteiger partial charge in [0.2, 0.25) is 0 Å². The Morgan fingerprint density at radius 2 is 1.85 bits per heavy atom. The second-order valence-electron chi connectivity index (χ2n) is 5.66. The van der Waals surface area contributed by atoms with Gasteiger partial charge >= 0.3 is 0 Å². The van der Waals surface area contributed by atoms with Crippen LogP contribution in [0.2, 0.25) is 0 Å². The first-order valence-electron chi connectivity index (χ1n) is 7.63. The zero-order valence-electron chi connectivity index (χ0n) is 12.5. The van der Waals surface area contributed by atoms with E-state index in [1.807, 2.05) is 17.8 Å². The van der Waals surface area contributed by atoms with Crippen LogP contribution >= 0.6 is 11.8 Å². The van der Waals surface area contributed by atoms with Crippen molar-refractivity contribution in [2.75, 3.05) is 5.75 Å². The topological polar surface area (TPSA) is 32.6 Å². The predicted octanol–water partition coefficient (Wildman–Crippen LogP) is 4.59. The second-order valence-corrected chi connectivity index (χ2v) is 6.75. The average molecular weight is 291 g/mol. The summed E-state index contributed by atoms with van der Waals surface area (Å²) in [5.41, 5.74) is 0.727. The molecule has 0 saturated heterocycles. The Hall–Kier alpha value is -0.800. The molecule has 0 aromatic heterocycles. The molecule has 1 aliphatic heterocycles. The monoisotopic (exact) mass is 291 g/mol. The summed E-state index contributed by atoms with van der Waals surface area (Å²) in [6.45, 7) is 4.27. The van der Waals surface area contributed by atoms with Crippen LogP contribution in [0.5, 0.6) is 0 Å². The Balaban J connectivity index is 2.03. The van der Waals surface area contributed by atoms with Gasteiger partial charge in [-0.15, -0.1) is 11.8 Å². The third-order valence-corrected chi connectivity index (χ3v) is 4.87. The van der Waals surface area contributed by atoms with E-state index in [1.54, 1.807) is 0 Å². The number of thioether (sulfide) groups is 1. The van der Waals surface area contributed by atoms with Crippen LogP contribution in [-0.4, -0.2) is 21.5 Å². The second kappa shape index (κ2) is 7.28. The summed E-state index contributed by atoms with van der Waals surface area (Å²) < 4.78 is 0. The molecule has 0 fully saturated rings. The van der Waals surface area contributed by atoms with Gasteiger partial charge in [-0.1, -0.05) is 57.0 Å². The molecule has 1 aromatic carbocycles. The van der Waals surface area contributed by atoms with Gasteiger partial charge in [-0.25, -0.2) is 0 Å². The number of nitrogens with zero attached hydrogens (tertiary/aromatic N) is 1. The molecule has 110 valence electrons. The molecule has 0 saturated carbocycles. The normalized spacial score (nSPS) is 19.1. The van der Waals surface area contributed by atoms with Gasteiger partial charge in [0.15, 0.2) is 0 Å². The van der Waals surface area contributed by atoms with Crippen LogP contribution in [0.25, 0.3) is 0 Å². The van der Waals surface area contributed by atoms with Crippen LogP contribution in [0, 0.1) is 0 Å².